The molecule has 5 nitrogen and oxygen atoms in total. The molecular formula is C13H25NO4. The van der Waals surface area contributed by atoms with Gasteiger partial charge in [0.05, 0.1) is 0 Å². The lowest BCUT2D eigenvalue weighted by Gasteiger charge is -2.44. The third kappa shape index (κ3) is 2.42. The molecule has 2 heterocycles. The van der Waals surface area contributed by atoms with Crippen LogP contribution in [0, 0.1) is 0 Å². The van der Waals surface area contributed by atoms with Gasteiger partial charge in [0.1, 0.15) is 6.10 Å². The van der Waals surface area contributed by atoms with E-state index in [0.29, 0.717) is 6.61 Å². The summed E-state index contributed by atoms with van der Waals surface area (Å²) in [6, 6.07) is 0. The summed E-state index contributed by atoms with van der Waals surface area (Å²) in [5.74, 6) is -0.857. The Morgan fingerprint density at radius 3 is 2.78 bits per heavy atom. The Kier molecular flexibility index (Phi) is 4.29. The molecule has 1 spiro atoms. The van der Waals surface area contributed by atoms with E-state index in [2.05, 4.69) is 6.92 Å². The fourth-order valence-electron chi connectivity index (χ4n) is 2.69. The first-order valence-electron chi connectivity index (χ1n) is 6.86. The smallest absolute Gasteiger partial charge is 0.214 e. The van der Waals surface area contributed by atoms with Crippen molar-refractivity contribution < 1.29 is 18.9 Å². The number of ether oxygens (including phenoxy) is 4. The van der Waals surface area contributed by atoms with Gasteiger partial charge in [0.2, 0.25) is 5.79 Å². The number of nitrogens with two attached hydrogens (primary N) is 1. The summed E-state index contributed by atoms with van der Waals surface area (Å²) in [6.45, 7) is 4.63. The molecule has 0 bridgehead atoms. The maximum atomic E-state index is 6.20. The van der Waals surface area contributed by atoms with Crippen molar-refractivity contribution in [3.8, 4) is 0 Å². The van der Waals surface area contributed by atoms with Gasteiger partial charge in [-0.2, -0.15) is 0 Å². The molecule has 18 heavy (non-hydrogen) atoms. The molecule has 106 valence electrons. The van der Waals surface area contributed by atoms with E-state index in [4.69, 9.17) is 24.7 Å². The lowest BCUT2D eigenvalue weighted by molar-refractivity contribution is -0.321. The number of hydrogen-bond donors (Lipinski definition) is 1. The van der Waals surface area contributed by atoms with E-state index in [0.717, 1.165) is 32.1 Å². The summed E-state index contributed by atoms with van der Waals surface area (Å²) in [5.41, 5.74) is 5.28. The largest absolute Gasteiger partial charge is 0.355 e. The van der Waals surface area contributed by atoms with Crippen LogP contribution in [0.15, 0.2) is 0 Å². The van der Waals surface area contributed by atoms with Crippen molar-refractivity contribution in [2.24, 2.45) is 5.73 Å². The number of hydrogen-bond acceptors (Lipinski definition) is 5. The molecule has 2 fully saturated rings. The second-order valence-electron chi connectivity index (χ2n) is 5.33. The molecule has 0 aromatic carbocycles. The molecular weight excluding hydrogens is 234 g/mol. The van der Waals surface area contributed by atoms with Crippen LogP contribution < -0.4 is 5.73 Å². The van der Waals surface area contributed by atoms with Crippen LogP contribution in [0.4, 0.5) is 0 Å². The van der Waals surface area contributed by atoms with Gasteiger partial charge < -0.3 is 18.9 Å². The number of unbranched alkanes of at least 4 members (excludes halogenated alkanes) is 1. The molecule has 0 amide bonds. The van der Waals surface area contributed by atoms with Crippen LogP contribution in [-0.4, -0.2) is 37.6 Å². The summed E-state index contributed by atoms with van der Waals surface area (Å²) < 4.78 is 23.1. The van der Waals surface area contributed by atoms with Crippen LogP contribution in [0.25, 0.3) is 0 Å². The molecule has 2 aliphatic heterocycles. The highest BCUT2D eigenvalue weighted by atomic mass is 16.8. The fourth-order valence-corrected chi connectivity index (χ4v) is 2.69. The highest BCUT2D eigenvalue weighted by molar-refractivity contribution is 4.96. The van der Waals surface area contributed by atoms with Gasteiger partial charge in [-0.05, 0) is 19.8 Å². The highest BCUT2D eigenvalue weighted by Crippen LogP contribution is 2.44. The minimum atomic E-state index is -0.914. The second-order valence-corrected chi connectivity index (χ2v) is 5.33. The Bertz CT molecular complexity index is 284. The zero-order chi connectivity index (χ0) is 13.2. The second kappa shape index (κ2) is 5.43. The quantitative estimate of drug-likeness (QED) is 0.833. The van der Waals surface area contributed by atoms with Gasteiger partial charge in [0, 0.05) is 20.1 Å². The molecule has 5 heteroatoms. The first-order chi connectivity index (χ1) is 8.54. The lowest BCUT2D eigenvalue weighted by Crippen LogP contribution is -2.63. The Hall–Kier alpha value is -0.200. The molecule has 2 N–H and O–H groups in total. The van der Waals surface area contributed by atoms with Gasteiger partial charge in [-0.1, -0.05) is 19.8 Å². The number of methoxy groups -OCH3 is 1. The van der Waals surface area contributed by atoms with Crippen molar-refractivity contribution >= 4 is 0 Å². The summed E-state index contributed by atoms with van der Waals surface area (Å²) in [4.78, 5) is 0. The third-order valence-corrected chi connectivity index (χ3v) is 3.83. The minimum absolute atomic E-state index is 0.0560. The van der Waals surface area contributed by atoms with Gasteiger partial charge in [0.25, 0.3) is 0 Å². The zero-order valence-corrected chi connectivity index (χ0v) is 11.6. The van der Waals surface area contributed by atoms with Gasteiger partial charge in [0.15, 0.2) is 12.0 Å². The Morgan fingerprint density at radius 2 is 2.17 bits per heavy atom. The lowest BCUT2D eigenvalue weighted by atomic mass is 9.97. The maximum absolute atomic E-state index is 6.20. The van der Waals surface area contributed by atoms with E-state index < -0.39 is 11.5 Å². The van der Waals surface area contributed by atoms with E-state index in [1.165, 1.54) is 0 Å². The van der Waals surface area contributed by atoms with E-state index in [-0.39, 0.29) is 12.4 Å². The number of rotatable bonds is 4. The molecule has 0 aromatic heterocycles. The van der Waals surface area contributed by atoms with E-state index in [1.807, 2.05) is 6.92 Å². The molecule has 0 saturated carbocycles. The average molecular weight is 259 g/mol. The predicted octanol–water partition coefficient (Wildman–Crippen LogP) is 1.75. The van der Waals surface area contributed by atoms with Crippen molar-refractivity contribution in [3.05, 3.63) is 0 Å². The van der Waals surface area contributed by atoms with Crippen molar-refractivity contribution in [2.45, 2.75) is 69.9 Å². The van der Waals surface area contributed by atoms with Crippen LogP contribution in [-0.2, 0) is 18.9 Å². The Balaban J connectivity index is 2.10. The minimum Gasteiger partial charge on any atom is -0.355 e. The van der Waals surface area contributed by atoms with Crippen LogP contribution in [0.2, 0.25) is 0 Å². The SMILES string of the molecule is CCCCC1OC2(CCCOC2(C)N)OC1OC. The molecule has 4 unspecified atom stereocenters. The molecule has 0 aromatic rings. The van der Waals surface area contributed by atoms with Gasteiger partial charge in [-0.15, -0.1) is 0 Å². The van der Waals surface area contributed by atoms with Crippen molar-refractivity contribution in [1.82, 2.24) is 0 Å². The molecule has 0 aliphatic carbocycles. The van der Waals surface area contributed by atoms with Crippen molar-refractivity contribution in [1.29, 1.82) is 0 Å². The normalized spacial score (nSPS) is 44.7. The zero-order valence-electron chi connectivity index (χ0n) is 11.6. The summed E-state index contributed by atoms with van der Waals surface area (Å²) in [7, 11) is 1.64. The van der Waals surface area contributed by atoms with Crippen LogP contribution in [0.5, 0.6) is 0 Å². The standard InChI is InChI=1S/C13H25NO4/c1-4-5-7-10-11(15-3)18-13(17-10)8-6-9-16-12(13,2)14/h10-11H,4-9,14H2,1-3H3. The monoisotopic (exact) mass is 259 g/mol. The topological polar surface area (TPSA) is 62.9 Å². The average Bonchev–Trinajstić information content (AvgIpc) is 2.70. The Labute approximate surface area is 109 Å². The first-order valence-corrected chi connectivity index (χ1v) is 6.86. The van der Waals surface area contributed by atoms with Crippen LogP contribution in [0.1, 0.15) is 46.0 Å². The van der Waals surface area contributed by atoms with Crippen LogP contribution in [0.3, 0.4) is 0 Å². The molecule has 2 aliphatic rings. The molecule has 0 radical (unpaired) electrons. The molecule has 2 saturated heterocycles. The van der Waals surface area contributed by atoms with E-state index in [9.17, 15) is 0 Å². The van der Waals surface area contributed by atoms with Gasteiger partial charge in [-0.3, -0.25) is 5.73 Å². The summed E-state index contributed by atoms with van der Waals surface area (Å²) in [6.07, 6.45) is 4.38. The fraction of sp³-hybridized carbons (Fsp3) is 1.00. The predicted molar refractivity (Wildman–Crippen MR) is 66.8 cm³/mol. The summed E-state index contributed by atoms with van der Waals surface area (Å²) >= 11 is 0. The maximum Gasteiger partial charge on any atom is 0.214 e. The summed E-state index contributed by atoms with van der Waals surface area (Å²) in [5, 5.41) is 0. The van der Waals surface area contributed by atoms with Crippen LogP contribution >= 0.6 is 0 Å². The first kappa shape index (κ1) is 14.2. The highest BCUT2D eigenvalue weighted by Gasteiger charge is 2.59. The van der Waals surface area contributed by atoms with E-state index >= 15 is 0 Å². The van der Waals surface area contributed by atoms with Gasteiger partial charge in [-0.25, -0.2) is 0 Å². The van der Waals surface area contributed by atoms with Crippen molar-refractivity contribution in [2.75, 3.05) is 13.7 Å². The van der Waals surface area contributed by atoms with Gasteiger partial charge >= 0.3 is 0 Å². The molecule has 2 rings (SSSR count). The molecule has 4 atom stereocenters. The third-order valence-electron chi connectivity index (χ3n) is 3.83. The van der Waals surface area contributed by atoms with E-state index in [1.54, 1.807) is 7.11 Å². The Morgan fingerprint density at radius 1 is 1.39 bits per heavy atom. The van der Waals surface area contributed by atoms with Crippen molar-refractivity contribution in [3.63, 3.8) is 0 Å².